The summed E-state index contributed by atoms with van der Waals surface area (Å²) >= 11 is 0. The summed E-state index contributed by atoms with van der Waals surface area (Å²) in [5.41, 5.74) is 3.08. The van der Waals surface area contributed by atoms with Gasteiger partial charge in [0, 0.05) is 19.0 Å². The molecule has 9 heteroatoms. The molecule has 0 saturated heterocycles. The second-order valence-corrected chi connectivity index (χ2v) is 12.1. The fourth-order valence-corrected chi connectivity index (χ4v) is 5.30. The van der Waals surface area contributed by atoms with Crippen molar-refractivity contribution in [2.75, 3.05) is 23.7 Å². The van der Waals surface area contributed by atoms with Crippen LogP contribution < -0.4 is 14.4 Å². The van der Waals surface area contributed by atoms with E-state index in [9.17, 15) is 18.0 Å². The van der Waals surface area contributed by atoms with E-state index in [0.717, 1.165) is 33.7 Å². The molecule has 0 aliphatic rings. The molecule has 0 heterocycles. The van der Waals surface area contributed by atoms with Gasteiger partial charge in [0.05, 0.1) is 18.6 Å². The quantitative estimate of drug-likeness (QED) is 0.298. The van der Waals surface area contributed by atoms with Gasteiger partial charge >= 0.3 is 0 Å². The molecule has 41 heavy (non-hydrogen) atoms. The van der Waals surface area contributed by atoms with Crippen LogP contribution in [0.3, 0.4) is 0 Å². The van der Waals surface area contributed by atoms with Gasteiger partial charge < -0.3 is 15.0 Å². The van der Waals surface area contributed by atoms with Gasteiger partial charge in [0.25, 0.3) is 0 Å². The first-order valence-corrected chi connectivity index (χ1v) is 15.8. The van der Waals surface area contributed by atoms with Gasteiger partial charge in [-0.2, -0.15) is 0 Å². The molecule has 1 N–H and O–H groups in total. The number of ether oxygens (including phenoxy) is 1. The van der Waals surface area contributed by atoms with Crippen molar-refractivity contribution in [2.45, 2.75) is 59.2 Å². The number of hydrogen-bond acceptors (Lipinski definition) is 5. The predicted octanol–water partition coefficient (Wildman–Crippen LogP) is 4.71. The van der Waals surface area contributed by atoms with Gasteiger partial charge in [-0.3, -0.25) is 13.9 Å². The van der Waals surface area contributed by atoms with Gasteiger partial charge in [-0.05, 0) is 68.1 Å². The minimum Gasteiger partial charge on any atom is -0.494 e. The molecule has 0 spiro atoms. The third-order valence-electron chi connectivity index (χ3n) is 6.99. The molecule has 0 radical (unpaired) electrons. The molecule has 3 aromatic carbocycles. The number of amides is 2. The van der Waals surface area contributed by atoms with Crippen LogP contribution in [-0.4, -0.2) is 56.6 Å². The Morgan fingerprint density at radius 1 is 0.927 bits per heavy atom. The highest BCUT2D eigenvalue weighted by molar-refractivity contribution is 7.92. The Balaban J connectivity index is 2.05. The number of nitrogens with zero attached hydrogens (tertiary/aromatic N) is 2. The Bertz CT molecular complexity index is 1390. The topological polar surface area (TPSA) is 96.0 Å². The summed E-state index contributed by atoms with van der Waals surface area (Å²) in [7, 11) is -3.84. The van der Waals surface area contributed by atoms with Crippen LogP contribution in [0.15, 0.2) is 78.9 Å². The average Bonchev–Trinajstić information content (AvgIpc) is 2.95. The summed E-state index contributed by atoms with van der Waals surface area (Å²) in [4.78, 5) is 29.4. The van der Waals surface area contributed by atoms with Crippen LogP contribution >= 0.6 is 0 Å². The van der Waals surface area contributed by atoms with Crippen LogP contribution in [0.5, 0.6) is 5.75 Å². The van der Waals surface area contributed by atoms with Crippen LogP contribution in [0.1, 0.15) is 43.9 Å². The van der Waals surface area contributed by atoms with Gasteiger partial charge in [0.1, 0.15) is 18.3 Å². The normalized spacial score (nSPS) is 12.7. The summed E-state index contributed by atoms with van der Waals surface area (Å²) in [6.07, 6.45) is 2.08. The Morgan fingerprint density at radius 2 is 1.56 bits per heavy atom. The standard InChI is InChI=1S/C32H41N3O5S/c1-6-25(4)33-32(37)30(21-26-14-9-8-10-15-26)34(22-27-16-12-11-13-24(27)3)31(36)23-35(41(5,38)39)28-17-19-29(20-18-28)40-7-2/h8-20,25,30H,6-7,21-23H2,1-5H3,(H,33,37)/t25-,30-/m0/s1. The van der Waals surface area contributed by atoms with E-state index in [4.69, 9.17) is 4.74 Å². The fourth-order valence-electron chi connectivity index (χ4n) is 4.46. The number of aryl methyl sites for hydroxylation is 1. The van der Waals surface area contributed by atoms with Crippen LogP contribution in [-0.2, 0) is 32.6 Å². The molecule has 8 nitrogen and oxygen atoms in total. The van der Waals surface area contributed by atoms with Crippen molar-refractivity contribution in [3.63, 3.8) is 0 Å². The van der Waals surface area contributed by atoms with Crippen molar-refractivity contribution in [3.05, 3.63) is 95.6 Å². The minimum atomic E-state index is -3.84. The molecular formula is C32H41N3O5S. The highest BCUT2D eigenvalue weighted by Crippen LogP contribution is 2.23. The second kappa shape index (κ2) is 14.7. The number of benzene rings is 3. The third-order valence-corrected chi connectivity index (χ3v) is 8.13. The van der Waals surface area contributed by atoms with Crippen LogP contribution in [0.25, 0.3) is 0 Å². The first kappa shape index (κ1) is 31.7. The number of carbonyl (C=O) groups is 2. The average molecular weight is 580 g/mol. The molecule has 2 amide bonds. The van der Waals surface area contributed by atoms with Crippen LogP contribution in [0.4, 0.5) is 5.69 Å². The van der Waals surface area contributed by atoms with E-state index in [1.54, 1.807) is 24.3 Å². The first-order chi connectivity index (χ1) is 19.5. The largest absolute Gasteiger partial charge is 0.494 e. The predicted molar refractivity (Wildman–Crippen MR) is 163 cm³/mol. The minimum absolute atomic E-state index is 0.0902. The van der Waals surface area contributed by atoms with E-state index in [2.05, 4.69) is 5.32 Å². The SMILES string of the molecule is CCOc1ccc(N(CC(=O)N(Cc2ccccc2C)[C@@H](Cc2ccccc2)C(=O)N[C@@H](C)CC)S(C)(=O)=O)cc1. The number of sulfonamides is 1. The molecule has 3 aromatic rings. The molecular weight excluding hydrogens is 538 g/mol. The van der Waals surface area contributed by atoms with E-state index in [1.807, 2.05) is 82.3 Å². The summed E-state index contributed by atoms with van der Waals surface area (Å²) < 4.78 is 32.4. The molecule has 2 atom stereocenters. The van der Waals surface area contributed by atoms with Crippen LogP contribution in [0, 0.1) is 6.92 Å². The van der Waals surface area contributed by atoms with Crippen molar-refractivity contribution in [2.24, 2.45) is 0 Å². The van der Waals surface area contributed by atoms with Gasteiger partial charge in [-0.1, -0.05) is 61.5 Å². The number of anilines is 1. The van der Waals surface area contributed by atoms with E-state index >= 15 is 0 Å². The first-order valence-electron chi connectivity index (χ1n) is 13.9. The van der Waals surface area contributed by atoms with Crippen molar-refractivity contribution < 1.29 is 22.7 Å². The smallest absolute Gasteiger partial charge is 0.244 e. The molecule has 0 aliphatic carbocycles. The molecule has 0 unspecified atom stereocenters. The molecule has 0 saturated carbocycles. The number of nitrogens with one attached hydrogen (secondary N) is 1. The van der Waals surface area contributed by atoms with Crippen molar-refractivity contribution in [1.82, 2.24) is 10.2 Å². The van der Waals surface area contributed by atoms with E-state index in [0.29, 0.717) is 18.0 Å². The summed E-state index contributed by atoms with van der Waals surface area (Å²) in [6.45, 7) is 7.88. The third kappa shape index (κ3) is 9.08. The summed E-state index contributed by atoms with van der Waals surface area (Å²) in [5.74, 6) is -0.160. The Kier molecular flexibility index (Phi) is 11.3. The molecule has 0 bridgehead atoms. The van der Waals surface area contributed by atoms with Gasteiger partial charge in [-0.25, -0.2) is 8.42 Å². The molecule has 220 valence electrons. The molecule has 3 rings (SSSR count). The molecule has 0 fully saturated rings. The number of hydrogen-bond donors (Lipinski definition) is 1. The fraction of sp³-hybridized carbons (Fsp3) is 0.375. The van der Waals surface area contributed by atoms with Crippen LogP contribution in [0.2, 0.25) is 0 Å². The van der Waals surface area contributed by atoms with Crippen molar-refractivity contribution in [1.29, 1.82) is 0 Å². The molecule has 0 aliphatic heterocycles. The highest BCUT2D eigenvalue weighted by atomic mass is 32.2. The lowest BCUT2D eigenvalue weighted by atomic mass is 10.0. The van der Waals surface area contributed by atoms with E-state index in [-0.39, 0.29) is 24.9 Å². The van der Waals surface area contributed by atoms with E-state index < -0.39 is 28.5 Å². The Hall–Kier alpha value is -3.85. The monoisotopic (exact) mass is 579 g/mol. The lowest BCUT2D eigenvalue weighted by Gasteiger charge is -2.34. The van der Waals surface area contributed by atoms with Gasteiger partial charge in [0.2, 0.25) is 21.8 Å². The van der Waals surface area contributed by atoms with Crippen molar-refractivity contribution in [3.8, 4) is 5.75 Å². The maximum Gasteiger partial charge on any atom is 0.244 e. The zero-order chi connectivity index (χ0) is 30.0. The highest BCUT2D eigenvalue weighted by Gasteiger charge is 2.33. The van der Waals surface area contributed by atoms with Gasteiger partial charge in [-0.15, -0.1) is 0 Å². The zero-order valence-electron chi connectivity index (χ0n) is 24.5. The maximum absolute atomic E-state index is 14.2. The summed E-state index contributed by atoms with van der Waals surface area (Å²) in [5, 5.41) is 3.04. The van der Waals surface area contributed by atoms with Gasteiger partial charge in [0.15, 0.2) is 0 Å². The van der Waals surface area contributed by atoms with E-state index in [1.165, 1.54) is 4.90 Å². The number of carbonyl (C=O) groups excluding carboxylic acids is 2. The zero-order valence-corrected chi connectivity index (χ0v) is 25.4. The molecule has 0 aromatic heterocycles. The summed E-state index contributed by atoms with van der Waals surface area (Å²) in [6, 6.07) is 22.8. The lowest BCUT2D eigenvalue weighted by molar-refractivity contribution is -0.140. The lowest BCUT2D eigenvalue weighted by Crippen LogP contribution is -2.54. The second-order valence-electron chi connectivity index (χ2n) is 10.2. The van der Waals surface area contributed by atoms with Crippen molar-refractivity contribution >= 4 is 27.5 Å². The Labute approximate surface area is 244 Å². The maximum atomic E-state index is 14.2. The Morgan fingerprint density at radius 3 is 2.15 bits per heavy atom. The number of rotatable bonds is 14.